The monoisotopic (exact) mass is 347 g/mol. The highest BCUT2D eigenvalue weighted by atomic mass is 16.5. The molecule has 0 bridgehead atoms. The summed E-state index contributed by atoms with van der Waals surface area (Å²) in [6, 6.07) is 6.77. The number of rotatable bonds is 4. The van der Waals surface area contributed by atoms with Crippen LogP contribution in [-0.4, -0.2) is 42.2 Å². The van der Waals surface area contributed by atoms with Crippen LogP contribution < -0.4 is 20.8 Å². The quantitative estimate of drug-likeness (QED) is 0.728. The van der Waals surface area contributed by atoms with E-state index in [4.69, 9.17) is 15.0 Å². The summed E-state index contributed by atoms with van der Waals surface area (Å²) >= 11 is 0. The summed E-state index contributed by atoms with van der Waals surface area (Å²) in [6.45, 7) is 0.650. The van der Waals surface area contributed by atoms with Crippen molar-refractivity contribution in [3.63, 3.8) is 0 Å². The molecule has 0 radical (unpaired) electrons. The van der Waals surface area contributed by atoms with E-state index in [1.807, 2.05) is 0 Å². The first-order valence-corrected chi connectivity index (χ1v) is 7.88. The van der Waals surface area contributed by atoms with Gasteiger partial charge in [-0.3, -0.25) is 14.1 Å². The number of piperidine rings is 1. The molecule has 0 aliphatic carbocycles. The molecule has 25 heavy (non-hydrogen) atoms. The zero-order valence-corrected chi connectivity index (χ0v) is 13.7. The highest BCUT2D eigenvalue weighted by molar-refractivity contribution is 5.91. The standard InChI is InChI=1S/C16H18N4O5/c1-24-12-6-4-11(5-7-12)20-13(16(23)25-18-20)15(22)19-8-2-3-10(9-19)14(17)21/h4-7,10H,2-3,8-9H2,1H3,(H2-,17,18,21,22,23)/p+1. The molecule has 1 saturated heterocycles. The van der Waals surface area contributed by atoms with Gasteiger partial charge in [-0.2, -0.15) is 0 Å². The Morgan fingerprint density at radius 1 is 1.36 bits per heavy atom. The van der Waals surface area contributed by atoms with Crippen LogP contribution in [0.3, 0.4) is 0 Å². The van der Waals surface area contributed by atoms with Gasteiger partial charge < -0.3 is 15.4 Å². The van der Waals surface area contributed by atoms with Crippen LogP contribution in [-0.2, 0) is 4.79 Å². The number of nitrogens with two attached hydrogens (primary N) is 1. The minimum Gasteiger partial charge on any atom is -0.497 e. The third-order valence-corrected chi connectivity index (χ3v) is 4.29. The van der Waals surface area contributed by atoms with Crippen molar-refractivity contribution in [1.29, 1.82) is 0 Å². The summed E-state index contributed by atoms with van der Waals surface area (Å²) in [7, 11) is 1.54. The molecule has 3 N–H and O–H groups in total. The predicted molar refractivity (Wildman–Crippen MR) is 85.2 cm³/mol. The molecule has 0 saturated carbocycles. The summed E-state index contributed by atoms with van der Waals surface area (Å²) in [5, 5.41) is 2.43. The first-order valence-electron chi connectivity index (χ1n) is 7.88. The van der Waals surface area contributed by atoms with E-state index in [0.29, 0.717) is 30.8 Å². The van der Waals surface area contributed by atoms with Crippen LogP contribution in [0.2, 0.25) is 0 Å². The molecule has 1 aliphatic heterocycles. The Balaban J connectivity index is 1.91. The number of hydrogen-bond donors (Lipinski definition) is 2. The SMILES string of the molecule is COc1ccc(-[n+]2[nH]oc(=O)c2C(=O)N2CCCC(C(N)=O)C2)cc1. The van der Waals surface area contributed by atoms with E-state index in [1.165, 1.54) is 9.58 Å². The third kappa shape index (κ3) is 3.25. The number of ether oxygens (including phenoxy) is 1. The fourth-order valence-electron chi connectivity index (χ4n) is 2.91. The molecule has 1 aromatic heterocycles. The number of methoxy groups -OCH3 is 1. The van der Waals surface area contributed by atoms with Crippen molar-refractivity contribution in [2.75, 3.05) is 20.2 Å². The number of nitrogens with one attached hydrogen (secondary N) is 1. The van der Waals surface area contributed by atoms with Crippen LogP contribution in [0, 0.1) is 5.92 Å². The molecular weight excluding hydrogens is 328 g/mol. The molecule has 2 amide bonds. The maximum Gasteiger partial charge on any atom is 0.441 e. The highest BCUT2D eigenvalue weighted by Gasteiger charge is 2.37. The van der Waals surface area contributed by atoms with Gasteiger partial charge in [0.1, 0.15) is 5.75 Å². The Labute approximate surface area is 142 Å². The van der Waals surface area contributed by atoms with Crippen molar-refractivity contribution in [3.05, 3.63) is 40.4 Å². The van der Waals surface area contributed by atoms with Gasteiger partial charge in [0.15, 0.2) is 0 Å². The molecule has 1 unspecified atom stereocenters. The highest BCUT2D eigenvalue weighted by Crippen LogP contribution is 2.17. The van der Waals surface area contributed by atoms with Crippen molar-refractivity contribution < 1.29 is 23.5 Å². The lowest BCUT2D eigenvalue weighted by Crippen LogP contribution is -2.50. The van der Waals surface area contributed by atoms with E-state index in [2.05, 4.69) is 5.27 Å². The Morgan fingerprint density at radius 3 is 2.72 bits per heavy atom. The number of carbonyl (C=O) groups is 2. The molecule has 2 heterocycles. The molecular formula is C16H19N4O5+. The number of aromatic nitrogens is 2. The van der Waals surface area contributed by atoms with E-state index < -0.39 is 23.4 Å². The van der Waals surface area contributed by atoms with Crippen LogP contribution >= 0.6 is 0 Å². The molecule has 1 fully saturated rings. The topological polar surface area (TPSA) is 123 Å². The number of H-pyrrole nitrogens is 1. The van der Waals surface area contributed by atoms with Gasteiger partial charge in [-0.25, -0.2) is 4.79 Å². The summed E-state index contributed by atoms with van der Waals surface area (Å²) in [5.41, 5.74) is 4.95. The van der Waals surface area contributed by atoms with E-state index in [0.717, 1.165) is 0 Å². The number of aromatic amines is 1. The van der Waals surface area contributed by atoms with Crippen molar-refractivity contribution in [3.8, 4) is 11.4 Å². The van der Waals surface area contributed by atoms with Gasteiger partial charge >= 0.3 is 17.2 Å². The minimum atomic E-state index is -0.776. The van der Waals surface area contributed by atoms with Gasteiger partial charge in [-0.15, -0.1) is 0 Å². The fraction of sp³-hybridized carbons (Fsp3) is 0.375. The molecule has 3 rings (SSSR count). The van der Waals surface area contributed by atoms with E-state index in [1.54, 1.807) is 31.4 Å². The normalized spacial score (nSPS) is 17.3. The zero-order chi connectivity index (χ0) is 18.0. The molecule has 2 aromatic rings. The Bertz CT molecular complexity index is 839. The molecule has 1 aromatic carbocycles. The number of nitrogens with zero attached hydrogens (tertiary/aromatic N) is 2. The van der Waals surface area contributed by atoms with Gasteiger partial charge in [0, 0.05) is 25.2 Å². The number of amides is 2. The van der Waals surface area contributed by atoms with E-state index in [9.17, 15) is 14.4 Å². The van der Waals surface area contributed by atoms with Crippen molar-refractivity contribution in [1.82, 2.24) is 10.2 Å². The molecule has 9 heteroatoms. The van der Waals surface area contributed by atoms with E-state index in [-0.39, 0.29) is 12.2 Å². The molecule has 0 spiro atoms. The predicted octanol–water partition coefficient (Wildman–Crippen LogP) is -0.409. The first kappa shape index (κ1) is 16.7. The maximum atomic E-state index is 12.8. The molecule has 9 nitrogen and oxygen atoms in total. The van der Waals surface area contributed by atoms with Gasteiger partial charge in [-0.05, 0) is 34.9 Å². The smallest absolute Gasteiger partial charge is 0.441 e. The summed E-state index contributed by atoms with van der Waals surface area (Å²) in [6.07, 6.45) is 1.29. The van der Waals surface area contributed by atoms with Crippen LogP contribution in [0.25, 0.3) is 5.69 Å². The van der Waals surface area contributed by atoms with Crippen LogP contribution in [0.4, 0.5) is 0 Å². The van der Waals surface area contributed by atoms with E-state index >= 15 is 0 Å². The number of primary amides is 1. The van der Waals surface area contributed by atoms with Crippen LogP contribution in [0.5, 0.6) is 5.75 Å². The minimum absolute atomic E-state index is 0.157. The Hall–Kier alpha value is -3.10. The summed E-state index contributed by atoms with van der Waals surface area (Å²) in [4.78, 5) is 37.7. The van der Waals surface area contributed by atoms with Gasteiger partial charge in [0.25, 0.3) is 0 Å². The lowest BCUT2D eigenvalue weighted by molar-refractivity contribution is -0.672. The van der Waals surface area contributed by atoms with Crippen molar-refractivity contribution >= 4 is 11.8 Å². The average molecular weight is 347 g/mol. The summed E-state index contributed by atoms with van der Waals surface area (Å²) < 4.78 is 11.2. The zero-order valence-electron chi connectivity index (χ0n) is 13.7. The second-order valence-corrected chi connectivity index (χ2v) is 5.86. The van der Waals surface area contributed by atoms with Gasteiger partial charge in [-0.1, -0.05) is 0 Å². The number of benzene rings is 1. The van der Waals surface area contributed by atoms with Crippen LogP contribution in [0.1, 0.15) is 23.3 Å². The molecule has 1 aliphatic rings. The van der Waals surface area contributed by atoms with Gasteiger partial charge in [0.05, 0.1) is 13.0 Å². The Kier molecular flexibility index (Phi) is 4.55. The second-order valence-electron chi connectivity index (χ2n) is 5.86. The van der Waals surface area contributed by atoms with Crippen molar-refractivity contribution in [2.24, 2.45) is 11.7 Å². The number of carbonyl (C=O) groups excluding carboxylic acids is 2. The lowest BCUT2D eigenvalue weighted by atomic mass is 9.97. The molecule has 132 valence electrons. The van der Waals surface area contributed by atoms with Gasteiger partial charge in [0.2, 0.25) is 11.6 Å². The summed E-state index contributed by atoms with van der Waals surface area (Å²) in [5.74, 6) is -0.708. The third-order valence-electron chi connectivity index (χ3n) is 4.29. The molecule has 1 atom stereocenters. The second kappa shape index (κ2) is 6.80. The maximum absolute atomic E-state index is 12.8. The number of hydrogen-bond acceptors (Lipinski definition) is 5. The van der Waals surface area contributed by atoms with Crippen molar-refractivity contribution in [2.45, 2.75) is 12.8 Å². The van der Waals surface area contributed by atoms with Crippen LogP contribution in [0.15, 0.2) is 33.6 Å². The average Bonchev–Trinajstić information content (AvgIpc) is 3.02. The Morgan fingerprint density at radius 2 is 2.08 bits per heavy atom. The first-order chi connectivity index (χ1) is 12.0. The fourth-order valence-corrected chi connectivity index (χ4v) is 2.91. The number of likely N-dealkylation sites (tertiary alicyclic amines) is 1. The lowest BCUT2D eigenvalue weighted by Gasteiger charge is -2.29. The largest absolute Gasteiger partial charge is 0.497 e.